The first kappa shape index (κ1) is 61.9. The molecule has 0 unspecified atom stereocenters. The van der Waals surface area contributed by atoms with Crippen LogP contribution in [0.1, 0.15) is 305 Å². The molecule has 0 saturated carbocycles. The van der Waals surface area contributed by atoms with Crippen LogP contribution in [0.2, 0.25) is 0 Å². The number of hydrogen-bond donors (Lipinski definition) is 1. The average molecular weight is 893 g/mol. The van der Waals surface area contributed by atoms with E-state index in [1.807, 2.05) is 0 Å². The highest BCUT2D eigenvalue weighted by molar-refractivity contribution is 5.70. The summed E-state index contributed by atoms with van der Waals surface area (Å²) in [5, 5.41) is 12.0. The summed E-state index contributed by atoms with van der Waals surface area (Å²) in [5.41, 5.74) is -0.608. The number of unbranched alkanes of at least 4 members (excludes halogenated alkanes) is 23. The zero-order chi connectivity index (χ0) is 46.3. The van der Waals surface area contributed by atoms with E-state index < -0.39 is 5.60 Å². The zero-order valence-corrected chi connectivity index (χ0v) is 43.7. The minimum Gasteiger partial charge on any atom is -0.466 e. The van der Waals surface area contributed by atoms with Gasteiger partial charge in [-0.15, -0.1) is 0 Å². The first-order chi connectivity index (χ1) is 30.8. The second-order valence-electron chi connectivity index (χ2n) is 20.2. The van der Waals surface area contributed by atoms with E-state index in [1.54, 1.807) is 0 Å². The lowest BCUT2D eigenvalue weighted by molar-refractivity contribution is -0.146. The molecule has 0 saturated heterocycles. The van der Waals surface area contributed by atoms with E-state index >= 15 is 0 Å². The van der Waals surface area contributed by atoms with Gasteiger partial charge in [-0.3, -0.25) is 9.59 Å². The Balaban J connectivity index is 4.79. The number of carbonyl (C=O) groups is 2. The molecule has 0 heterocycles. The van der Waals surface area contributed by atoms with E-state index in [0.717, 1.165) is 90.0 Å². The van der Waals surface area contributed by atoms with Crippen molar-refractivity contribution in [3.8, 4) is 0 Å². The van der Waals surface area contributed by atoms with Crippen molar-refractivity contribution >= 4 is 11.9 Å². The fourth-order valence-corrected chi connectivity index (χ4v) is 9.76. The summed E-state index contributed by atoms with van der Waals surface area (Å²) in [5.74, 6) is 0.965. The number of rotatable bonds is 51. The van der Waals surface area contributed by atoms with Crippen LogP contribution in [0.4, 0.5) is 0 Å². The maximum absolute atomic E-state index is 12.9. The maximum atomic E-state index is 12.9. The van der Waals surface area contributed by atoms with Gasteiger partial charge in [-0.1, -0.05) is 208 Å². The molecule has 0 spiro atoms. The molecule has 0 radical (unpaired) electrons. The first-order valence-electron chi connectivity index (χ1n) is 28.5. The van der Waals surface area contributed by atoms with Crippen LogP contribution >= 0.6 is 0 Å². The number of nitrogens with zero attached hydrogens (tertiary/aromatic N) is 1. The van der Waals surface area contributed by atoms with Gasteiger partial charge in [0.15, 0.2) is 0 Å². The summed E-state index contributed by atoms with van der Waals surface area (Å²) < 4.78 is 11.6. The fourth-order valence-electron chi connectivity index (χ4n) is 9.76. The minimum absolute atomic E-state index is 0.00623. The summed E-state index contributed by atoms with van der Waals surface area (Å²) in [6, 6.07) is 0. The van der Waals surface area contributed by atoms with Crippen molar-refractivity contribution in [1.29, 1.82) is 0 Å². The van der Waals surface area contributed by atoms with Crippen molar-refractivity contribution in [2.75, 3.05) is 32.8 Å². The van der Waals surface area contributed by atoms with Crippen LogP contribution in [0.25, 0.3) is 0 Å². The highest BCUT2D eigenvalue weighted by atomic mass is 16.5. The van der Waals surface area contributed by atoms with Gasteiger partial charge in [-0.05, 0) is 115 Å². The Bertz CT molecular complexity index is 863. The zero-order valence-electron chi connectivity index (χ0n) is 43.7. The van der Waals surface area contributed by atoms with Crippen molar-refractivity contribution < 1.29 is 24.2 Å². The van der Waals surface area contributed by atoms with Gasteiger partial charge in [0.05, 0.1) is 18.8 Å². The molecular formula is C57H113NO5. The van der Waals surface area contributed by atoms with Crippen molar-refractivity contribution in [2.24, 2.45) is 11.8 Å². The molecule has 0 aromatic rings. The van der Waals surface area contributed by atoms with E-state index in [-0.39, 0.29) is 11.9 Å². The molecule has 63 heavy (non-hydrogen) atoms. The summed E-state index contributed by atoms with van der Waals surface area (Å²) in [6.45, 7) is 18.1. The lowest BCUT2D eigenvalue weighted by atomic mass is 9.85. The maximum Gasteiger partial charge on any atom is 0.306 e. The minimum atomic E-state index is -0.608. The molecule has 6 heteroatoms. The number of aliphatic hydroxyl groups is 1. The summed E-state index contributed by atoms with van der Waals surface area (Å²) >= 11 is 0. The third-order valence-electron chi connectivity index (χ3n) is 13.8. The highest BCUT2D eigenvalue weighted by Gasteiger charge is 2.25. The Labute approximate surface area is 394 Å². The fraction of sp³-hybridized carbons (Fsp3) is 0.965. The molecule has 376 valence electrons. The average Bonchev–Trinajstić information content (AvgIpc) is 3.26. The third kappa shape index (κ3) is 42.0. The summed E-state index contributed by atoms with van der Waals surface area (Å²) in [7, 11) is 0. The molecule has 0 aliphatic carbocycles. The van der Waals surface area contributed by atoms with Crippen molar-refractivity contribution in [3.63, 3.8) is 0 Å². The Morgan fingerprint density at radius 2 is 0.683 bits per heavy atom. The SMILES string of the molecule is CCCCCCCC(CCCCCCC)CC(=O)OCCCCCCC(O)(CCCCCCOC(=O)CC(CCCCCCC)CCCCCCC)CCCCN(CCC)CCC. The van der Waals surface area contributed by atoms with Gasteiger partial charge >= 0.3 is 11.9 Å². The lowest BCUT2D eigenvalue weighted by Crippen LogP contribution is -2.30. The molecule has 6 nitrogen and oxygen atoms in total. The smallest absolute Gasteiger partial charge is 0.306 e. The van der Waals surface area contributed by atoms with Crippen LogP contribution in [0.3, 0.4) is 0 Å². The van der Waals surface area contributed by atoms with Gasteiger partial charge in [0.1, 0.15) is 0 Å². The monoisotopic (exact) mass is 892 g/mol. The van der Waals surface area contributed by atoms with E-state index in [9.17, 15) is 14.7 Å². The topological polar surface area (TPSA) is 76.1 Å². The van der Waals surface area contributed by atoms with Gasteiger partial charge in [-0.2, -0.15) is 0 Å². The predicted octanol–water partition coefficient (Wildman–Crippen LogP) is 17.5. The number of esters is 2. The molecule has 0 amide bonds. The van der Waals surface area contributed by atoms with Crippen molar-refractivity contribution in [1.82, 2.24) is 4.90 Å². The van der Waals surface area contributed by atoms with E-state index in [1.165, 1.54) is 180 Å². The molecule has 0 rings (SSSR count). The van der Waals surface area contributed by atoms with Crippen LogP contribution < -0.4 is 0 Å². The predicted molar refractivity (Wildman–Crippen MR) is 274 cm³/mol. The normalized spacial score (nSPS) is 12.0. The molecule has 0 aliphatic rings. The quantitative estimate of drug-likeness (QED) is 0.0484. The van der Waals surface area contributed by atoms with Crippen molar-refractivity contribution in [2.45, 2.75) is 310 Å². The molecule has 0 aromatic carbocycles. The molecule has 0 fully saturated rings. The second-order valence-corrected chi connectivity index (χ2v) is 20.2. The summed E-state index contributed by atoms with van der Waals surface area (Å²) in [6.07, 6.45) is 46.9. The van der Waals surface area contributed by atoms with Crippen molar-refractivity contribution in [3.05, 3.63) is 0 Å². The van der Waals surface area contributed by atoms with Crippen LogP contribution in [0, 0.1) is 11.8 Å². The number of ether oxygens (including phenoxy) is 2. The molecule has 0 atom stereocenters. The lowest BCUT2D eigenvalue weighted by Gasteiger charge is -2.29. The Kier molecular flexibility index (Phi) is 46.5. The highest BCUT2D eigenvalue weighted by Crippen LogP contribution is 2.29. The Morgan fingerprint density at radius 1 is 0.381 bits per heavy atom. The number of carbonyl (C=O) groups excluding carboxylic acids is 2. The molecular weight excluding hydrogens is 779 g/mol. The molecule has 0 bridgehead atoms. The standard InChI is InChI=1S/C57H113NO5/c1-7-13-17-21-29-39-53(40-30-22-18-14-8-2)51-55(59)62-49-37-27-25-33-43-57(61,45-35-36-48-58(46-11-5)47-12-6)44-34-26-28-38-50-63-56(60)52-54(41-31-23-19-15-9-3)42-32-24-20-16-10-4/h53-54,61H,7-52H2,1-6H3. The van der Waals surface area contributed by atoms with E-state index in [0.29, 0.717) is 37.9 Å². The number of hydrogen-bond acceptors (Lipinski definition) is 6. The largest absolute Gasteiger partial charge is 0.466 e. The summed E-state index contributed by atoms with van der Waals surface area (Å²) in [4.78, 5) is 28.3. The van der Waals surface area contributed by atoms with Gasteiger partial charge < -0.3 is 19.5 Å². The molecule has 0 aliphatic heterocycles. The van der Waals surface area contributed by atoms with Gasteiger partial charge in [-0.25, -0.2) is 0 Å². The molecule has 1 N–H and O–H groups in total. The Hall–Kier alpha value is -1.14. The van der Waals surface area contributed by atoms with E-state index in [2.05, 4.69) is 46.4 Å². The Morgan fingerprint density at radius 3 is 1.02 bits per heavy atom. The second kappa shape index (κ2) is 47.4. The van der Waals surface area contributed by atoms with Gasteiger partial charge in [0.2, 0.25) is 0 Å². The van der Waals surface area contributed by atoms with E-state index in [4.69, 9.17) is 9.47 Å². The van der Waals surface area contributed by atoms with Gasteiger partial charge in [0, 0.05) is 12.8 Å². The van der Waals surface area contributed by atoms with Crippen LogP contribution in [0.15, 0.2) is 0 Å². The van der Waals surface area contributed by atoms with Gasteiger partial charge in [0.25, 0.3) is 0 Å². The first-order valence-corrected chi connectivity index (χ1v) is 28.5. The molecule has 0 aromatic heterocycles. The third-order valence-corrected chi connectivity index (χ3v) is 13.8. The van der Waals surface area contributed by atoms with Crippen LogP contribution in [0.5, 0.6) is 0 Å². The van der Waals surface area contributed by atoms with Crippen LogP contribution in [-0.4, -0.2) is 60.4 Å². The van der Waals surface area contributed by atoms with Crippen LogP contribution in [-0.2, 0) is 19.1 Å².